The number of aromatic nitrogens is 2. The van der Waals surface area contributed by atoms with Crippen LogP contribution >= 0.6 is 46.0 Å². The largest absolute Gasteiger partial charge is 0.481 e. The van der Waals surface area contributed by atoms with Crippen LogP contribution in [0.2, 0.25) is 4.34 Å². The molecule has 0 saturated carbocycles. The van der Waals surface area contributed by atoms with Crippen molar-refractivity contribution < 1.29 is 14.7 Å². The lowest BCUT2D eigenvalue weighted by Crippen LogP contribution is -2.09. The average Bonchev–Trinajstić information content (AvgIpc) is 2.95. The van der Waals surface area contributed by atoms with Gasteiger partial charge in [0.15, 0.2) is 4.34 Å². The first-order valence-electron chi connectivity index (χ1n) is 4.79. The summed E-state index contributed by atoms with van der Waals surface area (Å²) in [4.78, 5) is 22.7. The molecule has 6 nitrogen and oxygen atoms in total. The normalized spacial score (nSPS) is 10.4. The van der Waals surface area contributed by atoms with Crippen molar-refractivity contribution in [2.45, 2.75) is 4.34 Å². The van der Waals surface area contributed by atoms with Crippen LogP contribution in [-0.2, 0) is 4.79 Å². The molecule has 0 aliphatic carbocycles. The Morgan fingerprint density at radius 2 is 2.16 bits per heavy atom. The summed E-state index contributed by atoms with van der Waals surface area (Å²) >= 11 is 9.07. The van der Waals surface area contributed by atoms with E-state index >= 15 is 0 Å². The van der Waals surface area contributed by atoms with Gasteiger partial charge in [-0.3, -0.25) is 14.9 Å². The van der Waals surface area contributed by atoms with Crippen LogP contribution in [0.3, 0.4) is 0 Å². The SMILES string of the molecule is O=C(O)CSc1nnc(NC(=O)c2ccc(Cl)s2)s1. The lowest BCUT2D eigenvalue weighted by Gasteiger charge is -1.96. The molecule has 2 heterocycles. The highest BCUT2D eigenvalue weighted by Gasteiger charge is 2.13. The molecule has 0 spiro atoms. The Bertz CT molecular complexity index is 613. The van der Waals surface area contributed by atoms with E-state index in [4.69, 9.17) is 16.7 Å². The number of hydrogen-bond donors (Lipinski definition) is 2. The Kier molecular flexibility index (Phi) is 4.75. The second kappa shape index (κ2) is 6.33. The van der Waals surface area contributed by atoms with Crippen LogP contribution in [0.4, 0.5) is 5.13 Å². The van der Waals surface area contributed by atoms with E-state index < -0.39 is 5.97 Å². The molecule has 10 heteroatoms. The Hall–Kier alpha value is -1.16. The van der Waals surface area contributed by atoms with Gasteiger partial charge in [-0.1, -0.05) is 34.7 Å². The molecule has 2 rings (SSSR count). The molecular weight excluding hydrogens is 330 g/mol. The maximum absolute atomic E-state index is 11.8. The lowest BCUT2D eigenvalue weighted by atomic mass is 10.4. The number of hydrogen-bond acceptors (Lipinski definition) is 7. The Morgan fingerprint density at radius 3 is 2.79 bits per heavy atom. The van der Waals surface area contributed by atoms with Crippen LogP contribution in [0.1, 0.15) is 9.67 Å². The van der Waals surface area contributed by atoms with Crippen LogP contribution in [0.25, 0.3) is 0 Å². The molecule has 0 radical (unpaired) electrons. The molecule has 0 bridgehead atoms. The van der Waals surface area contributed by atoms with Gasteiger partial charge in [0.05, 0.1) is 15.0 Å². The summed E-state index contributed by atoms with van der Waals surface area (Å²) in [7, 11) is 0. The number of anilines is 1. The summed E-state index contributed by atoms with van der Waals surface area (Å²) in [5.41, 5.74) is 0. The molecule has 2 aromatic heterocycles. The molecule has 0 saturated heterocycles. The number of amides is 1. The Morgan fingerprint density at radius 1 is 1.37 bits per heavy atom. The third-order valence-electron chi connectivity index (χ3n) is 1.74. The van der Waals surface area contributed by atoms with Crippen LogP contribution in [-0.4, -0.2) is 32.9 Å². The first kappa shape index (κ1) is 14.3. The molecule has 0 aliphatic rings. The van der Waals surface area contributed by atoms with Gasteiger partial charge in [-0.05, 0) is 12.1 Å². The quantitative estimate of drug-likeness (QED) is 0.644. The number of carboxylic acids is 1. The number of carboxylic acid groups (broad SMARTS) is 1. The Labute approximate surface area is 124 Å². The molecule has 1 amide bonds. The standard InChI is InChI=1S/C9H6ClN3O3S3/c10-5-2-1-4(18-5)7(16)11-8-12-13-9(19-8)17-3-6(14)15/h1-2H,3H2,(H,14,15)(H,11,12,16). The van der Waals surface area contributed by atoms with E-state index in [1.807, 2.05) is 0 Å². The van der Waals surface area contributed by atoms with Gasteiger partial charge in [-0.15, -0.1) is 21.5 Å². The van der Waals surface area contributed by atoms with Gasteiger partial charge in [0, 0.05) is 0 Å². The zero-order chi connectivity index (χ0) is 13.8. The number of aliphatic carboxylic acids is 1. The zero-order valence-electron chi connectivity index (χ0n) is 9.12. The molecular formula is C9H6ClN3O3S3. The minimum absolute atomic E-state index is 0.0941. The molecule has 0 fully saturated rings. The van der Waals surface area contributed by atoms with Gasteiger partial charge >= 0.3 is 5.97 Å². The fourth-order valence-corrected chi connectivity index (χ4v) is 3.44. The maximum atomic E-state index is 11.8. The van der Waals surface area contributed by atoms with E-state index in [1.165, 1.54) is 0 Å². The number of thioether (sulfide) groups is 1. The molecule has 2 aromatic rings. The zero-order valence-corrected chi connectivity index (χ0v) is 12.3. The summed E-state index contributed by atoms with van der Waals surface area (Å²) in [5.74, 6) is -1.34. The highest BCUT2D eigenvalue weighted by atomic mass is 35.5. The minimum atomic E-state index is -0.931. The minimum Gasteiger partial charge on any atom is -0.481 e. The van der Waals surface area contributed by atoms with Crippen LogP contribution < -0.4 is 5.32 Å². The highest BCUT2D eigenvalue weighted by Crippen LogP contribution is 2.27. The molecule has 100 valence electrons. The van der Waals surface area contributed by atoms with Crippen molar-refractivity contribution in [1.29, 1.82) is 0 Å². The van der Waals surface area contributed by atoms with Gasteiger partial charge in [0.2, 0.25) is 5.13 Å². The van der Waals surface area contributed by atoms with E-state index in [0.717, 1.165) is 34.4 Å². The highest BCUT2D eigenvalue weighted by molar-refractivity contribution is 8.01. The summed E-state index contributed by atoms with van der Waals surface area (Å²) < 4.78 is 1.02. The molecule has 0 atom stereocenters. The summed E-state index contributed by atoms with van der Waals surface area (Å²) in [6.45, 7) is 0. The number of rotatable bonds is 5. The third-order valence-corrected chi connectivity index (χ3v) is 4.93. The topological polar surface area (TPSA) is 92.2 Å². The Balaban J connectivity index is 1.96. The van der Waals surface area contributed by atoms with Crippen LogP contribution in [0.5, 0.6) is 0 Å². The van der Waals surface area contributed by atoms with Gasteiger partial charge < -0.3 is 5.11 Å². The van der Waals surface area contributed by atoms with Gasteiger partial charge in [-0.25, -0.2) is 0 Å². The van der Waals surface area contributed by atoms with Crippen molar-refractivity contribution in [2.75, 3.05) is 11.1 Å². The molecule has 0 aliphatic heterocycles. The van der Waals surface area contributed by atoms with Crippen molar-refractivity contribution >= 4 is 63.0 Å². The fourth-order valence-electron chi connectivity index (χ4n) is 1.04. The first-order chi connectivity index (χ1) is 9.04. The van der Waals surface area contributed by atoms with Crippen molar-refractivity contribution in [2.24, 2.45) is 0 Å². The lowest BCUT2D eigenvalue weighted by molar-refractivity contribution is -0.133. The van der Waals surface area contributed by atoms with Crippen LogP contribution in [0.15, 0.2) is 16.5 Å². The molecule has 0 aromatic carbocycles. The number of nitrogens with zero attached hydrogens (tertiary/aromatic N) is 2. The smallest absolute Gasteiger partial charge is 0.313 e. The van der Waals surface area contributed by atoms with Gasteiger partial charge in [0.1, 0.15) is 0 Å². The van der Waals surface area contributed by atoms with E-state index in [0.29, 0.717) is 18.7 Å². The van der Waals surface area contributed by atoms with E-state index in [2.05, 4.69) is 15.5 Å². The van der Waals surface area contributed by atoms with E-state index in [-0.39, 0.29) is 11.7 Å². The second-order valence-corrected chi connectivity index (χ2v) is 7.03. The number of halogens is 1. The summed E-state index contributed by atoms with van der Waals surface area (Å²) in [6.07, 6.45) is 0. The maximum Gasteiger partial charge on any atom is 0.313 e. The predicted octanol–water partition coefficient (Wildman–Crippen LogP) is 2.68. The number of carbonyl (C=O) groups excluding carboxylic acids is 1. The summed E-state index contributed by atoms with van der Waals surface area (Å²) in [5, 5.41) is 19.0. The summed E-state index contributed by atoms with van der Waals surface area (Å²) in [6, 6.07) is 3.25. The average molecular weight is 336 g/mol. The molecule has 0 unspecified atom stereocenters. The first-order valence-corrected chi connectivity index (χ1v) is 7.79. The fraction of sp³-hybridized carbons (Fsp3) is 0.111. The van der Waals surface area contributed by atoms with Crippen molar-refractivity contribution in [1.82, 2.24) is 10.2 Å². The van der Waals surface area contributed by atoms with E-state index in [9.17, 15) is 9.59 Å². The second-order valence-electron chi connectivity index (χ2n) is 3.11. The van der Waals surface area contributed by atoms with Gasteiger partial charge in [-0.2, -0.15) is 0 Å². The van der Waals surface area contributed by atoms with Crippen molar-refractivity contribution in [3.8, 4) is 0 Å². The number of thiophene rings is 1. The third kappa shape index (κ3) is 4.16. The van der Waals surface area contributed by atoms with Crippen LogP contribution in [0, 0.1) is 0 Å². The van der Waals surface area contributed by atoms with Crippen molar-refractivity contribution in [3.05, 3.63) is 21.3 Å². The number of nitrogens with one attached hydrogen (secondary N) is 1. The van der Waals surface area contributed by atoms with Crippen molar-refractivity contribution in [3.63, 3.8) is 0 Å². The molecule has 2 N–H and O–H groups in total. The van der Waals surface area contributed by atoms with E-state index in [1.54, 1.807) is 12.1 Å². The molecule has 19 heavy (non-hydrogen) atoms. The predicted molar refractivity (Wildman–Crippen MR) is 75.6 cm³/mol. The monoisotopic (exact) mass is 335 g/mol. The van der Waals surface area contributed by atoms with Gasteiger partial charge in [0.25, 0.3) is 5.91 Å². The number of carbonyl (C=O) groups is 2.